The van der Waals surface area contributed by atoms with E-state index in [0.29, 0.717) is 13.1 Å². The lowest BCUT2D eigenvalue weighted by molar-refractivity contribution is -0.141. The van der Waals surface area contributed by atoms with Gasteiger partial charge in [0.1, 0.15) is 11.4 Å². The molecule has 7 nitrogen and oxygen atoms in total. The van der Waals surface area contributed by atoms with Crippen LogP contribution < -0.4 is 10.1 Å². The number of likely N-dealkylation sites (tertiary alicyclic amines) is 1. The van der Waals surface area contributed by atoms with Crippen molar-refractivity contribution >= 4 is 12.1 Å². The molecular formula is C19H28N2O5. The zero-order valence-corrected chi connectivity index (χ0v) is 16.0. The first-order valence-corrected chi connectivity index (χ1v) is 8.65. The lowest BCUT2D eigenvalue weighted by Crippen LogP contribution is -2.71. The van der Waals surface area contributed by atoms with Gasteiger partial charge in [0, 0.05) is 19.1 Å². The zero-order chi connectivity index (χ0) is 19.5. The second kappa shape index (κ2) is 7.53. The summed E-state index contributed by atoms with van der Waals surface area (Å²) in [4.78, 5) is 25.0. The number of nitrogens with one attached hydrogen (secondary N) is 1. The van der Waals surface area contributed by atoms with Gasteiger partial charge in [-0.3, -0.25) is 4.79 Å². The number of hydrogen-bond acceptors (Lipinski definition) is 5. The van der Waals surface area contributed by atoms with Crippen molar-refractivity contribution in [3.05, 3.63) is 29.8 Å². The van der Waals surface area contributed by atoms with Crippen molar-refractivity contribution in [2.75, 3.05) is 20.2 Å². The van der Waals surface area contributed by atoms with Gasteiger partial charge in [-0.05, 0) is 45.4 Å². The molecule has 1 aliphatic heterocycles. The predicted molar refractivity (Wildman–Crippen MR) is 97.3 cm³/mol. The molecule has 26 heavy (non-hydrogen) atoms. The van der Waals surface area contributed by atoms with E-state index in [2.05, 4.69) is 5.32 Å². The summed E-state index contributed by atoms with van der Waals surface area (Å²) < 4.78 is 10.6. The Labute approximate surface area is 154 Å². The van der Waals surface area contributed by atoms with E-state index in [0.717, 1.165) is 11.3 Å². The number of amides is 1. The first-order valence-electron chi connectivity index (χ1n) is 8.65. The normalized spacial score (nSPS) is 17.2. The summed E-state index contributed by atoms with van der Waals surface area (Å²) in [6.45, 7) is 7.97. The maximum absolute atomic E-state index is 12.2. The van der Waals surface area contributed by atoms with E-state index in [4.69, 9.17) is 9.47 Å². The summed E-state index contributed by atoms with van der Waals surface area (Å²) in [5.74, 6) is -0.161. The number of carboxylic acid groups (broad SMARTS) is 1. The minimum absolute atomic E-state index is 0.0688. The lowest BCUT2D eigenvalue weighted by Gasteiger charge is -2.51. The van der Waals surface area contributed by atoms with Crippen molar-refractivity contribution in [1.29, 1.82) is 0 Å². The van der Waals surface area contributed by atoms with Gasteiger partial charge < -0.3 is 24.8 Å². The summed E-state index contributed by atoms with van der Waals surface area (Å²) in [5.41, 5.74) is -0.265. The molecule has 1 fully saturated rings. The maximum atomic E-state index is 12.2. The highest BCUT2D eigenvalue weighted by atomic mass is 16.6. The van der Waals surface area contributed by atoms with Crippen LogP contribution in [0.1, 0.15) is 45.7 Å². The van der Waals surface area contributed by atoms with Gasteiger partial charge in [0.2, 0.25) is 0 Å². The number of carbonyl (C=O) groups excluding carboxylic acids is 1. The van der Waals surface area contributed by atoms with Crippen LogP contribution in [-0.2, 0) is 9.53 Å². The van der Waals surface area contributed by atoms with Crippen molar-refractivity contribution in [1.82, 2.24) is 10.2 Å². The minimum atomic E-state index is -0.904. The Kier molecular flexibility index (Phi) is 5.81. The molecule has 0 radical (unpaired) electrons. The molecule has 1 aromatic rings. The molecule has 0 saturated carbocycles. The summed E-state index contributed by atoms with van der Waals surface area (Å²) in [7, 11) is 1.60. The highest BCUT2D eigenvalue weighted by molar-refractivity contribution is 5.73. The monoisotopic (exact) mass is 364 g/mol. The van der Waals surface area contributed by atoms with Crippen LogP contribution in [0.5, 0.6) is 5.75 Å². The third kappa shape index (κ3) is 5.11. The van der Waals surface area contributed by atoms with Crippen molar-refractivity contribution in [2.24, 2.45) is 0 Å². The third-order valence-electron chi connectivity index (χ3n) is 4.24. The molecule has 0 aliphatic carbocycles. The highest BCUT2D eigenvalue weighted by Crippen LogP contribution is 2.30. The number of rotatable bonds is 6. The van der Waals surface area contributed by atoms with E-state index in [1.165, 1.54) is 4.90 Å². The van der Waals surface area contributed by atoms with Gasteiger partial charge in [-0.15, -0.1) is 0 Å². The second-order valence-electron chi connectivity index (χ2n) is 7.83. The fourth-order valence-corrected chi connectivity index (χ4v) is 3.14. The van der Waals surface area contributed by atoms with Crippen LogP contribution in [0.4, 0.5) is 4.79 Å². The number of methoxy groups -OCH3 is 1. The number of hydrogen-bond donors (Lipinski definition) is 2. The first-order chi connectivity index (χ1) is 12.0. The summed E-state index contributed by atoms with van der Waals surface area (Å²) in [6, 6.07) is 7.53. The Morgan fingerprint density at radius 2 is 2.00 bits per heavy atom. The van der Waals surface area contributed by atoms with E-state index in [9.17, 15) is 14.7 Å². The summed E-state index contributed by atoms with van der Waals surface area (Å²) >= 11 is 0. The van der Waals surface area contributed by atoms with Gasteiger partial charge in [0.05, 0.1) is 19.1 Å². The van der Waals surface area contributed by atoms with Crippen LogP contribution in [0.3, 0.4) is 0 Å². The molecule has 0 aromatic heterocycles. The number of carbonyl (C=O) groups is 2. The van der Waals surface area contributed by atoms with E-state index < -0.39 is 23.2 Å². The molecule has 1 atom stereocenters. The summed E-state index contributed by atoms with van der Waals surface area (Å²) in [6.07, 6.45) is -0.491. The Bertz CT molecular complexity index is 662. The van der Waals surface area contributed by atoms with Crippen LogP contribution in [0.2, 0.25) is 0 Å². The fourth-order valence-electron chi connectivity index (χ4n) is 3.14. The Morgan fingerprint density at radius 3 is 2.54 bits per heavy atom. The lowest BCUT2D eigenvalue weighted by atomic mass is 9.85. The van der Waals surface area contributed by atoms with E-state index in [1.807, 2.05) is 31.2 Å². The quantitative estimate of drug-likeness (QED) is 0.807. The van der Waals surface area contributed by atoms with Gasteiger partial charge in [0.25, 0.3) is 0 Å². The number of ether oxygens (including phenoxy) is 2. The Hall–Kier alpha value is -2.28. The maximum Gasteiger partial charge on any atom is 0.410 e. The number of carboxylic acids is 1. The van der Waals surface area contributed by atoms with Gasteiger partial charge in [0.15, 0.2) is 0 Å². The number of benzene rings is 1. The molecule has 7 heteroatoms. The van der Waals surface area contributed by atoms with E-state index in [1.54, 1.807) is 27.9 Å². The minimum Gasteiger partial charge on any atom is -0.497 e. The molecule has 1 amide bonds. The SMILES string of the molecule is COc1cccc([C@@H](C)NC2(CC(=O)O)CN(C(=O)OC(C)(C)C)C2)c1. The summed E-state index contributed by atoms with van der Waals surface area (Å²) in [5, 5.41) is 12.7. The van der Waals surface area contributed by atoms with Crippen molar-refractivity contribution in [3.63, 3.8) is 0 Å². The fraction of sp³-hybridized carbons (Fsp3) is 0.579. The van der Waals surface area contributed by atoms with E-state index >= 15 is 0 Å². The first kappa shape index (κ1) is 20.0. The average molecular weight is 364 g/mol. The molecule has 2 rings (SSSR count). The predicted octanol–water partition coefficient (Wildman–Crippen LogP) is 2.81. The molecule has 1 aliphatic rings. The Balaban J connectivity index is 2.06. The van der Waals surface area contributed by atoms with Crippen LogP contribution in [0.15, 0.2) is 24.3 Å². The molecule has 2 N–H and O–H groups in total. The molecule has 0 unspecified atom stereocenters. The largest absolute Gasteiger partial charge is 0.497 e. The smallest absolute Gasteiger partial charge is 0.410 e. The van der Waals surface area contributed by atoms with E-state index in [-0.39, 0.29) is 12.5 Å². The van der Waals surface area contributed by atoms with Gasteiger partial charge in [-0.1, -0.05) is 12.1 Å². The average Bonchev–Trinajstić information content (AvgIpc) is 2.49. The second-order valence-corrected chi connectivity index (χ2v) is 7.83. The van der Waals surface area contributed by atoms with Crippen molar-refractivity contribution in [3.8, 4) is 5.75 Å². The molecule has 0 spiro atoms. The van der Waals surface area contributed by atoms with Crippen LogP contribution in [0, 0.1) is 0 Å². The van der Waals surface area contributed by atoms with Gasteiger partial charge >= 0.3 is 12.1 Å². The molecular weight excluding hydrogens is 336 g/mol. The molecule has 1 heterocycles. The van der Waals surface area contributed by atoms with Crippen LogP contribution in [-0.4, -0.2) is 53.4 Å². The molecule has 0 bridgehead atoms. The van der Waals surface area contributed by atoms with Gasteiger partial charge in [-0.2, -0.15) is 0 Å². The molecule has 1 aromatic carbocycles. The van der Waals surface area contributed by atoms with Crippen molar-refractivity contribution in [2.45, 2.75) is 51.3 Å². The van der Waals surface area contributed by atoms with Crippen molar-refractivity contribution < 1.29 is 24.2 Å². The number of aliphatic carboxylic acids is 1. The molecule has 144 valence electrons. The topological polar surface area (TPSA) is 88.1 Å². The number of nitrogens with zero attached hydrogens (tertiary/aromatic N) is 1. The highest BCUT2D eigenvalue weighted by Gasteiger charge is 2.48. The molecule has 1 saturated heterocycles. The zero-order valence-electron chi connectivity index (χ0n) is 16.0. The van der Waals surface area contributed by atoms with Crippen LogP contribution in [0.25, 0.3) is 0 Å². The van der Waals surface area contributed by atoms with Crippen LogP contribution >= 0.6 is 0 Å². The standard InChI is InChI=1S/C19H28N2O5/c1-13(14-7-6-8-15(9-14)25-5)20-19(10-16(22)23)11-21(12-19)17(24)26-18(2,3)4/h6-9,13,20H,10-12H2,1-5H3,(H,22,23)/t13-/m1/s1. The third-order valence-corrected chi connectivity index (χ3v) is 4.24. The Morgan fingerprint density at radius 1 is 1.35 bits per heavy atom. The van der Waals surface area contributed by atoms with Gasteiger partial charge in [-0.25, -0.2) is 4.79 Å².